The molecule has 1 unspecified atom stereocenters. The summed E-state index contributed by atoms with van der Waals surface area (Å²) in [5.74, 6) is 1.44. The van der Waals surface area contributed by atoms with Gasteiger partial charge in [-0.05, 0) is 35.4 Å². The predicted molar refractivity (Wildman–Crippen MR) is 90.0 cm³/mol. The second kappa shape index (κ2) is 7.04. The van der Waals surface area contributed by atoms with Gasteiger partial charge in [-0.2, -0.15) is 0 Å². The van der Waals surface area contributed by atoms with Gasteiger partial charge in [0.25, 0.3) is 0 Å². The molecule has 3 nitrogen and oxygen atoms in total. The molecule has 1 saturated heterocycles. The first kappa shape index (κ1) is 15.9. The van der Waals surface area contributed by atoms with Crippen LogP contribution in [0.1, 0.15) is 16.5 Å². The molecular weight excluding hydrogens is 313 g/mol. The summed E-state index contributed by atoms with van der Waals surface area (Å²) in [7, 11) is 1.62. The van der Waals surface area contributed by atoms with E-state index in [-0.39, 0.29) is 17.1 Å². The minimum absolute atomic E-state index is 0.0643. The Morgan fingerprint density at radius 3 is 2.78 bits per heavy atom. The molecule has 1 heterocycles. The van der Waals surface area contributed by atoms with Gasteiger partial charge in [0.15, 0.2) is 0 Å². The van der Waals surface area contributed by atoms with Crippen molar-refractivity contribution in [2.24, 2.45) is 0 Å². The maximum Gasteiger partial charge on any atom is 0.228 e. The maximum absolute atomic E-state index is 13.4. The number of halogens is 1. The van der Waals surface area contributed by atoms with Gasteiger partial charge < -0.3 is 9.64 Å². The lowest BCUT2D eigenvalue weighted by Crippen LogP contribution is -2.31. The largest absolute Gasteiger partial charge is 0.497 e. The Morgan fingerprint density at radius 1 is 1.30 bits per heavy atom. The third kappa shape index (κ3) is 3.67. The van der Waals surface area contributed by atoms with Crippen molar-refractivity contribution in [2.45, 2.75) is 11.8 Å². The standard InChI is InChI=1S/C18H18FNO2S/c1-22-16-7-5-13(6-8-16)11-17(21)20-9-10-23-18(20)14-3-2-4-15(19)12-14/h2-8,12,18H,9-11H2,1H3. The van der Waals surface area contributed by atoms with Gasteiger partial charge in [-0.3, -0.25) is 4.79 Å². The summed E-state index contributed by atoms with van der Waals surface area (Å²) in [4.78, 5) is 14.5. The summed E-state index contributed by atoms with van der Waals surface area (Å²) in [5.41, 5.74) is 1.79. The fourth-order valence-corrected chi connectivity index (χ4v) is 3.95. The van der Waals surface area contributed by atoms with Crippen molar-refractivity contribution in [2.75, 3.05) is 19.4 Å². The number of carbonyl (C=O) groups is 1. The van der Waals surface area contributed by atoms with Gasteiger partial charge in [0.1, 0.15) is 16.9 Å². The number of ether oxygens (including phenoxy) is 1. The van der Waals surface area contributed by atoms with Crippen molar-refractivity contribution in [3.05, 3.63) is 65.5 Å². The van der Waals surface area contributed by atoms with Crippen LogP contribution in [0.3, 0.4) is 0 Å². The Morgan fingerprint density at radius 2 is 2.09 bits per heavy atom. The average molecular weight is 331 g/mol. The van der Waals surface area contributed by atoms with E-state index in [0.717, 1.165) is 22.6 Å². The molecule has 0 spiro atoms. The molecule has 5 heteroatoms. The molecule has 1 atom stereocenters. The van der Waals surface area contributed by atoms with E-state index in [1.165, 1.54) is 12.1 Å². The molecule has 1 aliphatic rings. The normalized spacial score (nSPS) is 17.3. The van der Waals surface area contributed by atoms with Crippen molar-refractivity contribution in [1.82, 2.24) is 4.90 Å². The Hall–Kier alpha value is -2.01. The number of benzene rings is 2. The molecule has 23 heavy (non-hydrogen) atoms. The first-order chi connectivity index (χ1) is 11.2. The number of rotatable bonds is 4. The molecule has 2 aromatic rings. The lowest BCUT2D eigenvalue weighted by atomic mass is 10.1. The van der Waals surface area contributed by atoms with Crippen LogP contribution in [0.25, 0.3) is 0 Å². The molecule has 0 aliphatic carbocycles. The number of nitrogens with zero attached hydrogens (tertiary/aromatic N) is 1. The van der Waals surface area contributed by atoms with Gasteiger partial charge in [-0.1, -0.05) is 24.3 Å². The van der Waals surface area contributed by atoms with Crippen molar-refractivity contribution in [3.8, 4) is 5.75 Å². The molecule has 0 radical (unpaired) electrons. The second-order valence-electron chi connectivity index (χ2n) is 5.39. The molecule has 120 valence electrons. The Balaban J connectivity index is 1.72. The molecule has 1 aliphatic heterocycles. The highest BCUT2D eigenvalue weighted by Gasteiger charge is 2.30. The number of hydrogen-bond donors (Lipinski definition) is 0. The fraction of sp³-hybridized carbons (Fsp3) is 0.278. The number of amides is 1. The molecule has 0 bridgehead atoms. The Labute approximate surface area is 139 Å². The van der Waals surface area contributed by atoms with Crippen LogP contribution in [0, 0.1) is 5.82 Å². The van der Waals surface area contributed by atoms with Crippen LogP contribution in [0.4, 0.5) is 4.39 Å². The first-order valence-corrected chi connectivity index (χ1v) is 8.52. The van der Waals surface area contributed by atoms with Crippen molar-refractivity contribution in [3.63, 3.8) is 0 Å². The van der Waals surface area contributed by atoms with E-state index in [1.807, 2.05) is 35.2 Å². The molecular formula is C18H18FNO2S. The Bertz CT molecular complexity index is 690. The summed E-state index contributed by atoms with van der Waals surface area (Å²) in [6.45, 7) is 0.695. The highest BCUT2D eigenvalue weighted by atomic mass is 32.2. The summed E-state index contributed by atoms with van der Waals surface area (Å²) >= 11 is 1.68. The van der Waals surface area contributed by atoms with Crippen molar-refractivity contribution >= 4 is 17.7 Å². The molecule has 3 rings (SSSR count). The smallest absolute Gasteiger partial charge is 0.228 e. The van der Waals surface area contributed by atoms with E-state index in [9.17, 15) is 9.18 Å². The third-order valence-electron chi connectivity index (χ3n) is 3.86. The molecule has 1 amide bonds. The van der Waals surface area contributed by atoms with Gasteiger partial charge in [-0.25, -0.2) is 4.39 Å². The van der Waals surface area contributed by atoms with Crippen LogP contribution < -0.4 is 4.74 Å². The summed E-state index contributed by atoms with van der Waals surface area (Å²) in [5, 5.41) is -0.101. The zero-order chi connectivity index (χ0) is 16.2. The van der Waals surface area contributed by atoms with Crippen LogP contribution in [0.2, 0.25) is 0 Å². The second-order valence-corrected chi connectivity index (χ2v) is 6.58. The van der Waals surface area contributed by atoms with E-state index in [1.54, 1.807) is 24.9 Å². The van der Waals surface area contributed by atoms with Crippen LogP contribution in [-0.2, 0) is 11.2 Å². The molecule has 0 aromatic heterocycles. The highest BCUT2D eigenvalue weighted by molar-refractivity contribution is 7.99. The number of carbonyl (C=O) groups excluding carboxylic acids is 1. The van der Waals surface area contributed by atoms with Gasteiger partial charge >= 0.3 is 0 Å². The van der Waals surface area contributed by atoms with Gasteiger partial charge in [0.05, 0.1) is 13.5 Å². The lowest BCUT2D eigenvalue weighted by Gasteiger charge is -2.24. The molecule has 1 fully saturated rings. The number of hydrogen-bond acceptors (Lipinski definition) is 3. The third-order valence-corrected chi connectivity index (χ3v) is 5.12. The predicted octanol–water partition coefficient (Wildman–Crippen LogP) is 3.65. The van der Waals surface area contributed by atoms with Crippen LogP contribution in [0.15, 0.2) is 48.5 Å². The quantitative estimate of drug-likeness (QED) is 0.856. The van der Waals surface area contributed by atoms with E-state index in [0.29, 0.717) is 13.0 Å². The SMILES string of the molecule is COc1ccc(CC(=O)N2CCSC2c2cccc(F)c2)cc1. The minimum Gasteiger partial charge on any atom is -0.497 e. The summed E-state index contributed by atoms with van der Waals surface area (Å²) < 4.78 is 18.6. The van der Waals surface area contributed by atoms with Gasteiger partial charge in [0, 0.05) is 12.3 Å². The highest BCUT2D eigenvalue weighted by Crippen LogP contribution is 2.38. The van der Waals surface area contributed by atoms with Crippen molar-refractivity contribution in [1.29, 1.82) is 0 Å². The van der Waals surface area contributed by atoms with Crippen LogP contribution in [0.5, 0.6) is 5.75 Å². The van der Waals surface area contributed by atoms with E-state index < -0.39 is 0 Å². The zero-order valence-corrected chi connectivity index (χ0v) is 13.7. The van der Waals surface area contributed by atoms with Crippen LogP contribution >= 0.6 is 11.8 Å². The fourth-order valence-electron chi connectivity index (χ4n) is 2.68. The lowest BCUT2D eigenvalue weighted by molar-refractivity contribution is -0.130. The average Bonchev–Trinajstić information content (AvgIpc) is 3.05. The minimum atomic E-state index is -0.266. The topological polar surface area (TPSA) is 29.5 Å². The number of methoxy groups -OCH3 is 1. The van der Waals surface area contributed by atoms with Gasteiger partial charge in [0.2, 0.25) is 5.91 Å². The maximum atomic E-state index is 13.4. The van der Waals surface area contributed by atoms with Crippen molar-refractivity contribution < 1.29 is 13.9 Å². The van der Waals surface area contributed by atoms with Gasteiger partial charge in [-0.15, -0.1) is 11.8 Å². The monoisotopic (exact) mass is 331 g/mol. The summed E-state index contributed by atoms with van der Waals surface area (Å²) in [6, 6.07) is 14.0. The Kier molecular flexibility index (Phi) is 4.86. The zero-order valence-electron chi connectivity index (χ0n) is 12.9. The summed E-state index contributed by atoms with van der Waals surface area (Å²) in [6.07, 6.45) is 0.344. The molecule has 0 saturated carbocycles. The number of thioether (sulfide) groups is 1. The first-order valence-electron chi connectivity index (χ1n) is 7.47. The molecule has 0 N–H and O–H groups in total. The molecule has 2 aromatic carbocycles. The van der Waals surface area contributed by atoms with Crippen LogP contribution in [-0.4, -0.2) is 30.2 Å². The van der Waals surface area contributed by atoms with E-state index in [2.05, 4.69) is 0 Å². The van der Waals surface area contributed by atoms with E-state index >= 15 is 0 Å². The van der Waals surface area contributed by atoms with E-state index in [4.69, 9.17) is 4.74 Å².